The maximum Gasteiger partial charge on any atom is 0.273 e. The van der Waals surface area contributed by atoms with Crippen LogP contribution >= 0.6 is 0 Å². The Kier molecular flexibility index (Phi) is 2.59. The van der Waals surface area contributed by atoms with E-state index in [1.165, 1.54) is 12.1 Å². The van der Waals surface area contributed by atoms with Gasteiger partial charge in [0.2, 0.25) is 0 Å². The molecule has 0 unspecified atom stereocenters. The van der Waals surface area contributed by atoms with Crippen molar-refractivity contribution in [2.75, 3.05) is 0 Å². The number of rotatable bonds is 2. The molecule has 1 aliphatic heterocycles. The number of sulfonamides is 1. The average Bonchev–Trinajstić information content (AvgIpc) is 2.59. The van der Waals surface area contributed by atoms with E-state index >= 15 is 0 Å². The Morgan fingerprint density at radius 3 is 1.88 bits per heavy atom. The molecule has 0 saturated carbocycles. The summed E-state index contributed by atoms with van der Waals surface area (Å²) in [6.07, 6.45) is 1.88. The number of aryl methyl sites for hydroxylation is 1. The van der Waals surface area contributed by atoms with Crippen molar-refractivity contribution >= 4 is 21.8 Å². The fraction of sp³-hybridized carbons (Fsp3) is 0.0909. The van der Waals surface area contributed by atoms with Crippen molar-refractivity contribution in [3.63, 3.8) is 0 Å². The molecule has 1 aromatic rings. The van der Waals surface area contributed by atoms with Crippen molar-refractivity contribution in [3.05, 3.63) is 42.0 Å². The van der Waals surface area contributed by atoms with Gasteiger partial charge in [-0.15, -0.1) is 0 Å². The first-order valence-electron chi connectivity index (χ1n) is 4.81. The molecule has 1 aliphatic rings. The zero-order chi connectivity index (χ0) is 12.6. The van der Waals surface area contributed by atoms with Crippen LogP contribution in [0.25, 0.3) is 0 Å². The minimum atomic E-state index is -4.08. The van der Waals surface area contributed by atoms with Gasteiger partial charge in [-0.25, -0.2) is 8.42 Å². The summed E-state index contributed by atoms with van der Waals surface area (Å²) >= 11 is 0. The van der Waals surface area contributed by atoms with Gasteiger partial charge in [0.1, 0.15) is 0 Å². The SMILES string of the molecule is Cc1ccc(S(=O)(=O)N2C(=O)C=CC2=O)cc1. The van der Waals surface area contributed by atoms with Crippen LogP contribution in [0, 0.1) is 6.92 Å². The minimum absolute atomic E-state index is 0.0755. The van der Waals surface area contributed by atoms with Gasteiger partial charge in [0.25, 0.3) is 21.8 Å². The lowest BCUT2D eigenvalue weighted by Crippen LogP contribution is -2.36. The van der Waals surface area contributed by atoms with E-state index in [0.29, 0.717) is 0 Å². The highest BCUT2D eigenvalue weighted by molar-refractivity contribution is 7.90. The molecule has 2 rings (SSSR count). The summed E-state index contributed by atoms with van der Waals surface area (Å²) in [6, 6.07) is 5.93. The lowest BCUT2D eigenvalue weighted by Gasteiger charge is -2.14. The zero-order valence-corrected chi connectivity index (χ0v) is 9.77. The van der Waals surface area contributed by atoms with Crippen molar-refractivity contribution in [2.24, 2.45) is 0 Å². The lowest BCUT2D eigenvalue weighted by atomic mass is 10.2. The van der Waals surface area contributed by atoms with E-state index < -0.39 is 21.8 Å². The number of hydrogen-bond acceptors (Lipinski definition) is 4. The first-order valence-corrected chi connectivity index (χ1v) is 6.25. The van der Waals surface area contributed by atoms with E-state index in [2.05, 4.69) is 0 Å². The highest BCUT2D eigenvalue weighted by Gasteiger charge is 2.36. The van der Waals surface area contributed by atoms with Gasteiger partial charge in [-0.1, -0.05) is 17.7 Å². The molecule has 0 N–H and O–H groups in total. The standard InChI is InChI=1S/C11H9NO4S/c1-8-2-4-9(5-3-8)17(15,16)12-10(13)6-7-11(12)14/h2-7H,1H3. The summed E-state index contributed by atoms with van der Waals surface area (Å²) in [4.78, 5) is 22.5. The molecule has 5 nitrogen and oxygen atoms in total. The van der Waals surface area contributed by atoms with Crippen molar-refractivity contribution in [1.82, 2.24) is 4.31 Å². The van der Waals surface area contributed by atoms with Crippen molar-refractivity contribution in [2.45, 2.75) is 11.8 Å². The summed E-state index contributed by atoms with van der Waals surface area (Å²) in [5, 5.41) is 0. The third-order valence-electron chi connectivity index (χ3n) is 2.33. The highest BCUT2D eigenvalue weighted by Crippen LogP contribution is 2.19. The van der Waals surface area contributed by atoms with Gasteiger partial charge in [-0.05, 0) is 19.1 Å². The molecular weight excluding hydrogens is 242 g/mol. The number of carbonyl (C=O) groups excluding carboxylic acids is 2. The van der Waals surface area contributed by atoms with Crippen LogP contribution < -0.4 is 0 Å². The maximum absolute atomic E-state index is 12.0. The molecule has 6 heteroatoms. The second-order valence-corrected chi connectivity index (χ2v) is 5.38. The number of hydrogen-bond donors (Lipinski definition) is 0. The van der Waals surface area contributed by atoms with Gasteiger partial charge >= 0.3 is 0 Å². The maximum atomic E-state index is 12.0. The molecule has 0 aliphatic carbocycles. The molecule has 0 saturated heterocycles. The summed E-state index contributed by atoms with van der Waals surface area (Å²) < 4.78 is 24.3. The molecule has 1 aromatic carbocycles. The Labute approximate surface area is 98.4 Å². The number of carbonyl (C=O) groups is 2. The van der Waals surface area contributed by atoms with Gasteiger partial charge in [0, 0.05) is 12.2 Å². The predicted octanol–water partition coefficient (Wildman–Crippen LogP) is 0.609. The minimum Gasteiger partial charge on any atom is -0.268 e. The summed E-state index contributed by atoms with van der Waals surface area (Å²) in [5.74, 6) is -1.67. The van der Waals surface area contributed by atoms with E-state index in [1.54, 1.807) is 12.1 Å². The molecular formula is C11H9NO4S. The third kappa shape index (κ3) is 1.87. The molecule has 0 aromatic heterocycles. The molecule has 0 bridgehead atoms. The lowest BCUT2D eigenvalue weighted by molar-refractivity contribution is -0.130. The van der Waals surface area contributed by atoms with Gasteiger partial charge < -0.3 is 0 Å². The summed E-state index contributed by atoms with van der Waals surface area (Å²) in [6.45, 7) is 1.81. The van der Waals surface area contributed by atoms with E-state index in [0.717, 1.165) is 17.7 Å². The molecule has 0 radical (unpaired) electrons. The molecule has 2 amide bonds. The first kappa shape index (κ1) is 11.5. The van der Waals surface area contributed by atoms with Crippen molar-refractivity contribution in [1.29, 1.82) is 0 Å². The van der Waals surface area contributed by atoms with Crippen LogP contribution in [-0.2, 0) is 19.6 Å². The number of imide groups is 1. The van der Waals surface area contributed by atoms with Gasteiger partial charge in [0.15, 0.2) is 0 Å². The molecule has 1 heterocycles. The van der Waals surface area contributed by atoms with E-state index in [1.807, 2.05) is 6.92 Å². The molecule has 0 spiro atoms. The predicted molar refractivity (Wildman–Crippen MR) is 59.4 cm³/mol. The topological polar surface area (TPSA) is 71.5 Å². The van der Waals surface area contributed by atoms with E-state index in [9.17, 15) is 18.0 Å². The van der Waals surface area contributed by atoms with Gasteiger partial charge in [-0.2, -0.15) is 4.31 Å². The summed E-state index contributed by atoms with van der Waals surface area (Å²) in [7, 11) is -4.08. The Bertz CT molecular complexity index is 595. The van der Waals surface area contributed by atoms with Crippen LogP contribution in [0.5, 0.6) is 0 Å². The van der Waals surface area contributed by atoms with Crippen LogP contribution in [0.3, 0.4) is 0 Å². The van der Waals surface area contributed by atoms with Crippen LogP contribution in [0.4, 0.5) is 0 Å². The molecule has 0 atom stereocenters. The van der Waals surface area contributed by atoms with Crippen molar-refractivity contribution in [3.8, 4) is 0 Å². The van der Waals surface area contributed by atoms with Gasteiger partial charge in [-0.3, -0.25) is 9.59 Å². The monoisotopic (exact) mass is 251 g/mol. The highest BCUT2D eigenvalue weighted by atomic mass is 32.2. The Morgan fingerprint density at radius 1 is 0.941 bits per heavy atom. The molecule has 17 heavy (non-hydrogen) atoms. The quantitative estimate of drug-likeness (QED) is 0.722. The third-order valence-corrected chi connectivity index (χ3v) is 4.04. The summed E-state index contributed by atoms with van der Waals surface area (Å²) in [5.41, 5.74) is 0.890. The fourth-order valence-corrected chi connectivity index (χ4v) is 2.73. The second-order valence-electron chi connectivity index (χ2n) is 3.59. The molecule has 88 valence electrons. The Hall–Kier alpha value is -1.95. The second kappa shape index (κ2) is 3.81. The van der Waals surface area contributed by atoms with Crippen LogP contribution in [0.1, 0.15) is 5.56 Å². The fourth-order valence-electron chi connectivity index (χ4n) is 1.44. The first-order chi connectivity index (χ1) is 7.93. The van der Waals surface area contributed by atoms with Crippen LogP contribution in [0.2, 0.25) is 0 Å². The number of nitrogens with zero attached hydrogens (tertiary/aromatic N) is 1. The Balaban J connectivity index is 2.47. The Morgan fingerprint density at radius 2 is 1.41 bits per heavy atom. The average molecular weight is 251 g/mol. The largest absolute Gasteiger partial charge is 0.273 e. The van der Waals surface area contributed by atoms with E-state index in [-0.39, 0.29) is 9.20 Å². The normalized spacial score (nSPS) is 15.7. The van der Waals surface area contributed by atoms with Crippen LogP contribution in [-0.4, -0.2) is 24.5 Å². The van der Waals surface area contributed by atoms with E-state index in [4.69, 9.17) is 0 Å². The zero-order valence-electron chi connectivity index (χ0n) is 8.95. The number of benzene rings is 1. The van der Waals surface area contributed by atoms with Crippen LogP contribution in [0.15, 0.2) is 41.3 Å². The van der Waals surface area contributed by atoms with Gasteiger partial charge in [0.05, 0.1) is 4.90 Å². The molecule has 0 fully saturated rings. The smallest absolute Gasteiger partial charge is 0.268 e. The number of amides is 2. The van der Waals surface area contributed by atoms with Crippen molar-refractivity contribution < 1.29 is 18.0 Å².